The van der Waals surface area contributed by atoms with Gasteiger partial charge in [0.2, 0.25) is 0 Å². The molecular formula is C13H17ClO. The highest BCUT2D eigenvalue weighted by atomic mass is 35.5. The predicted molar refractivity (Wildman–Crippen MR) is 63.2 cm³/mol. The van der Waals surface area contributed by atoms with Gasteiger partial charge in [0.25, 0.3) is 0 Å². The Bertz CT molecular complexity index is 333. The zero-order valence-corrected chi connectivity index (χ0v) is 9.85. The minimum atomic E-state index is -0.631. The summed E-state index contributed by atoms with van der Waals surface area (Å²) in [5.41, 5.74) is 1.48. The standard InChI is InChI=1S/C13H17ClO/c1-10-7-11(9-12(14)8-10)13(15)5-3-2-4-6-13/h7-9,15H,2-6H2,1H3. The van der Waals surface area contributed by atoms with Crippen LogP contribution in [0, 0.1) is 6.92 Å². The highest BCUT2D eigenvalue weighted by molar-refractivity contribution is 6.30. The molecule has 0 radical (unpaired) electrons. The second-order valence-corrected chi connectivity index (χ2v) is 5.05. The van der Waals surface area contributed by atoms with Gasteiger partial charge >= 0.3 is 0 Å². The lowest BCUT2D eigenvalue weighted by molar-refractivity contribution is -0.000667. The van der Waals surface area contributed by atoms with Gasteiger partial charge in [-0.25, -0.2) is 0 Å². The van der Waals surface area contributed by atoms with E-state index >= 15 is 0 Å². The van der Waals surface area contributed by atoms with E-state index in [1.54, 1.807) is 0 Å². The van der Waals surface area contributed by atoms with E-state index in [1.807, 2.05) is 19.1 Å². The SMILES string of the molecule is Cc1cc(Cl)cc(C2(O)CCCCC2)c1. The molecule has 1 saturated carbocycles. The van der Waals surface area contributed by atoms with Crippen molar-refractivity contribution in [1.29, 1.82) is 0 Å². The summed E-state index contributed by atoms with van der Waals surface area (Å²) < 4.78 is 0. The number of rotatable bonds is 1. The van der Waals surface area contributed by atoms with Gasteiger partial charge in [-0.3, -0.25) is 0 Å². The molecule has 1 fully saturated rings. The molecule has 1 nitrogen and oxygen atoms in total. The van der Waals surface area contributed by atoms with E-state index in [9.17, 15) is 5.11 Å². The molecule has 0 saturated heterocycles. The number of aliphatic hydroxyl groups is 1. The Morgan fingerprint density at radius 2 is 1.80 bits per heavy atom. The molecule has 0 heterocycles. The third-order valence-corrected chi connectivity index (χ3v) is 3.48. The minimum absolute atomic E-state index is 0.631. The fraction of sp³-hybridized carbons (Fsp3) is 0.538. The van der Waals surface area contributed by atoms with E-state index in [0.717, 1.165) is 41.8 Å². The first kappa shape index (κ1) is 11.0. The lowest BCUT2D eigenvalue weighted by atomic mass is 9.79. The van der Waals surface area contributed by atoms with Crippen LogP contribution in [0.3, 0.4) is 0 Å². The van der Waals surface area contributed by atoms with Crippen molar-refractivity contribution in [3.63, 3.8) is 0 Å². The maximum atomic E-state index is 10.5. The van der Waals surface area contributed by atoms with Gasteiger partial charge in [0.1, 0.15) is 0 Å². The highest BCUT2D eigenvalue weighted by Gasteiger charge is 2.31. The Kier molecular flexibility index (Phi) is 3.03. The van der Waals surface area contributed by atoms with Crippen LogP contribution >= 0.6 is 11.6 Å². The average Bonchev–Trinajstić information content (AvgIpc) is 2.17. The summed E-state index contributed by atoms with van der Waals surface area (Å²) in [7, 11) is 0. The van der Waals surface area contributed by atoms with Gasteiger partial charge < -0.3 is 5.11 Å². The Hall–Kier alpha value is -0.530. The maximum absolute atomic E-state index is 10.5. The third kappa shape index (κ3) is 2.35. The van der Waals surface area contributed by atoms with Crippen molar-refractivity contribution in [2.75, 3.05) is 0 Å². The van der Waals surface area contributed by atoms with E-state index in [2.05, 4.69) is 6.07 Å². The summed E-state index contributed by atoms with van der Waals surface area (Å²) in [6.45, 7) is 2.02. The summed E-state index contributed by atoms with van der Waals surface area (Å²) in [6, 6.07) is 5.88. The zero-order valence-electron chi connectivity index (χ0n) is 9.09. The van der Waals surface area contributed by atoms with Crippen molar-refractivity contribution in [3.05, 3.63) is 34.3 Å². The van der Waals surface area contributed by atoms with Gasteiger partial charge in [0.05, 0.1) is 5.60 Å². The molecule has 1 aliphatic rings. The summed E-state index contributed by atoms with van der Waals surface area (Å²) in [6.07, 6.45) is 5.20. The molecule has 1 aromatic carbocycles. The van der Waals surface area contributed by atoms with Gasteiger partial charge in [-0.2, -0.15) is 0 Å². The van der Waals surface area contributed by atoms with Crippen molar-refractivity contribution in [2.45, 2.75) is 44.6 Å². The summed E-state index contributed by atoms with van der Waals surface area (Å²) in [5, 5.41) is 11.3. The van der Waals surface area contributed by atoms with Crippen LogP contribution in [0.4, 0.5) is 0 Å². The first-order valence-corrected chi connectivity index (χ1v) is 5.98. The number of hydrogen-bond acceptors (Lipinski definition) is 1. The molecule has 0 aliphatic heterocycles. The Labute approximate surface area is 96.1 Å². The van der Waals surface area contributed by atoms with Crippen molar-refractivity contribution in [3.8, 4) is 0 Å². The molecule has 0 amide bonds. The molecular weight excluding hydrogens is 208 g/mol. The number of aryl methyl sites for hydroxylation is 1. The van der Waals surface area contributed by atoms with Crippen LogP contribution in [0.2, 0.25) is 5.02 Å². The molecule has 82 valence electrons. The van der Waals surface area contributed by atoms with Gasteiger partial charge in [0, 0.05) is 5.02 Å². The normalized spacial score (nSPS) is 20.2. The molecule has 2 heteroatoms. The highest BCUT2D eigenvalue weighted by Crippen LogP contribution is 2.38. The van der Waals surface area contributed by atoms with Crippen molar-refractivity contribution in [1.82, 2.24) is 0 Å². The lowest BCUT2D eigenvalue weighted by Gasteiger charge is -2.32. The zero-order chi connectivity index (χ0) is 10.9. The van der Waals surface area contributed by atoms with Crippen LogP contribution in [0.25, 0.3) is 0 Å². The van der Waals surface area contributed by atoms with Gasteiger partial charge in [-0.15, -0.1) is 0 Å². The van der Waals surface area contributed by atoms with Crippen LogP contribution in [0.1, 0.15) is 43.2 Å². The van der Waals surface area contributed by atoms with E-state index < -0.39 is 5.60 Å². The molecule has 0 aromatic heterocycles. The third-order valence-electron chi connectivity index (χ3n) is 3.26. The Morgan fingerprint density at radius 3 is 2.40 bits per heavy atom. The second-order valence-electron chi connectivity index (χ2n) is 4.61. The summed E-state index contributed by atoms with van der Waals surface area (Å²) in [4.78, 5) is 0. The maximum Gasteiger partial charge on any atom is 0.0897 e. The monoisotopic (exact) mass is 224 g/mol. The number of hydrogen-bond donors (Lipinski definition) is 1. The summed E-state index contributed by atoms with van der Waals surface area (Å²) in [5.74, 6) is 0. The van der Waals surface area contributed by atoms with Crippen LogP contribution < -0.4 is 0 Å². The Morgan fingerprint density at radius 1 is 1.13 bits per heavy atom. The van der Waals surface area contributed by atoms with Crippen molar-refractivity contribution >= 4 is 11.6 Å². The van der Waals surface area contributed by atoms with Gasteiger partial charge in [-0.1, -0.05) is 36.9 Å². The fourth-order valence-electron chi connectivity index (χ4n) is 2.43. The molecule has 0 atom stereocenters. The molecule has 0 unspecified atom stereocenters. The predicted octanol–water partition coefficient (Wildman–Crippen LogP) is 3.80. The smallest absolute Gasteiger partial charge is 0.0897 e. The largest absolute Gasteiger partial charge is 0.385 e. The van der Waals surface area contributed by atoms with Gasteiger partial charge in [0.15, 0.2) is 0 Å². The molecule has 0 spiro atoms. The molecule has 15 heavy (non-hydrogen) atoms. The van der Waals surface area contributed by atoms with E-state index in [0.29, 0.717) is 0 Å². The van der Waals surface area contributed by atoms with E-state index in [-0.39, 0.29) is 0 Å². The van der Waals surface area contributed by atoms with Crippen molar-refractivity contribution < 1.29 is 5.11 Å². The fourth-order valence-corrected chi connectivity index (χ4v) is 2.72. The first-order chi connectivity index (χ1) is 7.10. The number of benzene rings is 1. The van der Waals surface area contributed by atoms with Crippen LogP contribution in [0.15, 0.2) is 18.2 Å². The molecule has 1 aromatic rings. The van der Waals surface area contributed by atoms with Crippen molar-refractivity contribution in [2.24, 2.45) is 0 Å². The molecule has 0 bridgehead atoms. The molecule has 1 N–H and O–H groups in total. The average molecular weight is 225 g/mol. The van der Waals surface area contributed by atoms with E-state index in [1.165, 1.54) is 6.42 Å². The van der Waals surface area contributed by atoms with Gasteiger partial charge in [-0.05, 0) is 43.0 Å². The minimum Gasteiger partial charge on any atom is -0.385 e. The quantitative estimate of drug-likeness (QED) is 0.770. The lowest BCUT2D eigenvalue weighted by Crippen LogP contribution is -2.28. The number of halogens is 1. The molecule has 2 rings (SSSR count). The van der Waals surface area contributed by atoms with Crippen LogP contribution in [-0.4, -0.2) is 5.11 Å². The topological polar surface area (TPSA) is 20.2 Å². The summed E-state index contributed by atoms with van der Waals surface area (Å²) >= 11 is 6.02. The second kappa shape index (κ2) is 4.15. The van der Waals surface area contributed by atoms with Crippen LogP contribution in [0.5, 0.6) is 0 Å². The first-order valence-electron chi connectivity index (χ1n) is 5.60. The Balaban J connectivity index is 2.34. The van der Waals surface area contributed by atoms with E-state index in [4.69, 9.17) is 11.6 Å². The van der Waals surface area contributed by atoms with Crippen LogP contribution in [-0.2, 0) is 5.60 Å². The molecule has 1 aliphatic carbocycles.